The van der Waals surface area contributed by atoms with E-state index in [9.17, 15) is 0 Å². The fourth-order valence-electron chi connectivity index (χ4n) is 2.98. The summed E-state index contributed by atoms with van der Waals surface area (Å²) in [4.78, 5) is 0. The molecule has 1 atom stereocenters. The van der Waals surface area contributed by atoms with Crippen LogP contribution < -0.4 is 15.2 Å². The van der Waals surface area contributed by atoms with E-state index in [1.165, 1.54) is 11.1 Å². The lowest BCUT2D eigenvalue weighted by atomic mass is 9.82. The van der Waals surface area contributed by atoms with Crippen molar-refractivity contribution in [3.05, 3.63) is 23.3 Å². The fraction of sp³-hybridized carbons (Fsp3) is 0.647. The first-order valence-electron chi connectivity index (χ1n) is 7.29. The minimum absolute atomic E-state index is 0.0161. The molecule has 3 nitrogen and oxygen atoms in total. The van der Waals surface area contributed by atoms with E-state index in [0.29, 0.717) is 0 Å². The van der Waals surface area contributed by atoms with Crippen LogP contribution in [-0.4, -0.2) is 20.3 Å². The zero-order valence-electron chi connectivity index (χ0n) is 13.5. The van der Waals surface area contributed by atoms with Gasteiger partial charge in [0.1, 0.15) is 11.5 Å². The Hall–Kier alpha value is -1.22. The number of ether oxygens (including phenoxy) is 2. The summed E-state index contributed by atoms with van der Waals surface area (Å²) in [5, 5.41) is 0. The Balaban J connectivity index is 2.60. The number of hydrogen-bond acceptors (Lipinski definition) is 3. The van der Waals surface area contributed by atoms with Gasteiger partial charge in [-0.2, -0.15) is 0 Å². The average Bonchev–Trinajstić information content (AvgIpc) is 3.17. The predicted octanol–water partition coefficient (Wildman–Crippen LogP) is 3.38. The third-order valence-electron chi connectivity index (χ3n) is 4.53. The van der Waals surface area contributed by atoms with Crippen LogP contribution in [0.25, 0.3) is 0 Å². The second-order valence-electron chi connectivity index (χ2n) is 6.95. The molecule has 1 aliphatic carbocycles. The monoisotopic (exact) mass is 277 g/mol. The number of benzene rings is 1. The van der Waals surface area contributed by atoms with E-state index in [0.717, 1.165) is 24.3 Å². The molecule has 0 bridgehead atoms. The van der Waals surface area contributed by atoms with Gasteiger partial charge in [0.2, 0.25) is 0 Å². The van der Waals surface area contributed by atoms with Gasteiger partial charge in [-0.1, -0.05) is 20.8 Å². The van der Waals surface area contributed by atoms with E-state index in [1.807, 2.05) is 0 Å². The van der Waals surface area contributed by atoms with Crippen molar-refractivity contribution in [2.75, 3.05) is 14.2 Å². The Morgan fingerprint density at radius 3 is 2.00 bits per heavy atom. The molecule has 0 saturated heterocycles. The minimum atomic E-state index is 0.0161. The van der Waals surface area contributed by atoms with Gasteiger partial charge < -0.3 is 15.2 Å². The Kier molecular flexibility index (Phi) is 3.76. The van der Waals surface area contributed by atoms with Gasteiger partial charge >= 0.3 is 0 Å². The smallest absolute Gasteiger partial charge is 0.123 e. The molecule has 0 aromatic heterocycles. The number of nitrogens with two attached hydrogens (primary N) is 1. The molecule has 2 rings (SSSR count). The van der Waals surface area contributed by atoms with E-state index in [-0.39, 0.29) is 16.9 Å². The molecule has 1 fully saturated rings. The minimum Gasteiger partial charge on any atom is -0.496 e. The molecule has 1 aliphatic rings. The summed E-state index contributed by atoms with van der Waals surface area (Å²) in [5.74, 6) is 1.87. The van der Waals surface area contributed by atoms with Gasteiger partial charge in [-0.05, 0) is 37.3 Å². The molecule has 1 saturated carbocycles. The van der Waals surface area contributed by atoms with Crippen LogP contribution in [-0.2, 0) is 10.8 Å². The van der Waals surface area contributed by atoms with Crippen molar-refractivity contribution < 1.29 is 9.47 Å². The van der Waals surface area contributed by atoms with Crippen molar-refractivity contribution in [1.29, 1.82) is 0 Å². The third kappa shape index (κ3) is 2.39. The molecule has 0 radical (unpaired) electrons. The first kappa shape index (κ1) is 15.2. The van der Waals surface area contributed by atoms with E-state index >= 15 is 0 Å². The van der Waals surface area contributed by atoms with Crippen LogP contribution in [0.5, 0.6) is 11.5 Å². The van der Waals surface area contributed by atoms with E-state index in [2.05, 4.69) is 39.8 Å². The van der Waals surface area contributed by atoms with Crippen LogP contribution >= 0.6 is 0 Å². The topological polar surface area (TPSA) is 44.5 Å². The van der Waals surface area contributed by atoms with E-state index in [4.69, 9.17) is 15.2 Å². The molecule has 112 valence electrons. The normalized spacial score (nSPS) is 18.6. The molecule has 1 unspecified atom stereocenters. The highest BCUT2D eigenvalue weighted by atomic mass is 16.5. The van der Waals surface area contributed by atoms with Gasteiger partial charge in [0.05, 0.1) is 14.2 Å². The Bertz CT molecular complexity index is 496. The van der Waals surface area contributed by atoms with Crippen molar-refractivity contribution >= 4 is 0 Å². The summed E-state index contributed by atoms with van der Waals surface area (Å²) in [6.45, 7) is 8.63. The lowest BCUT2D eigenvalue weighted by molar-refractivity contribution is 0.377. The summed E-state index contributed by atoms with van der Waals surface area (Å²) in [6, 6.07) is 4.38. The first-order valence-corrected chi connectivity index (χ1v) is 7.29. The van der Waals surface area contributed by atoms with Crippen molar-refractivity contribution in [2.45, 2.75) is 57.4 Å². The first-order chi connectivity index (χ1) is 9.26. The molecule has 1 aromatic carbocycles. The number of hydrogen-bond donors (Lipinski definition) is 1. The molecule has 0 heterocycles. The van der Waals surface area contributed by atoms with Gasteiger partial charge in [0.15, 0.2) is 0 Å². The highest BCUT2D eigenvalue weighted by Crippen LogP contribution is 2.55. The molecular weight excluding hydrogens is 250 g/mol. The maximum Gasteiger partial charge on any atom is 0.123 e. The average molecular weight is 277 g/mol. The van der Waals surface area contributed by atoms with Gasteiger partial charge in [-0.15, -0.1) is 0 Å². The SMILES string of the molecule is COc1cc(C2(C(C)N)CC2)c(OC)cc1C(C)(C)C. The van der Waals surface area contributed by atoms with E-state index < -0.39 is 0 Å². The maximum absolute atomic E-state index is 6.21. The largest absolute Gasteiger partial charge is 0.496 e. The van der Waals surface area contributed by atoms with Crippen LogP contribution in [0, 0.1) is 0 Å². The molecular formula is C17H27NO2. The summed E-state index contributed by atoms with van der Waals surface area (Å²) >= 11 is 0. The summed E-state index contributed by atoms with van der Waals surface area (Å²) in [5.41, 5.74) is 8.65. The quantitative estimate of drug-likeness (QED) is 0.917. The zero-order valence-corrected chi connectivity index (χ0v) is 13.5. The molecule has 1 aromatic rings. The lowest BCUT2D eigenvalue weighted by Gasteiger charge is -2.28. The van der Waals surface area contributed by atoms with Crippen molar-refractivity contribution in [3.8, 4) is 11.5 Å². The van der Waals surface area contributed by atoms with Crippen LogP contribution in [0.3, 0.4) is 0 Å². The number of methoxy groups -OCH3 is 2. The fourth-order valence-corrected chi connectivity index (χ4v) is 2.98. The van der Waals surface area contributed by atoms with Gasteiger partial charge in [-0.25, -0.2) is 0 Å². The molecule has 20 heavy (non-hydrogen) atoms. The summed E-state index contributed by atoms with van der Waals surface area (Å²) in [7, 11) is 3.46. The molecule has 0 spiro atoms. The number of rotatable bonds is 4. The maximum atomic E-state index is 6.21. The van der Waals surface area contributed by atoms with Crippen LogP contribution in [0.15, 0.2) is 12.1 Å². The molecule has 2 N–H and O–H groups in total. The highest BCUT2D eigenvalue weighted by molar-refractivity contribution is 5.54. The van der Waals surface area contributed by atoms with Crippen molar-refractivity contribution in [2.24, 2.45) is 5.73 Å². The summed E-state index contributed by atoms with van der Waals surface area (Å²) < 4.78 is 11.3. The second kappa shape index (κ2) is 4.96. The van der Waals surface area contributed by atoms with Crippen molar-refractivity contribution in [3.63, 3.8) is 0 Å². The van der Waals surface area contributed by atoms with Crippen LogP contribution in [0.1, 0.15) is 51.7 Å². The lowest BCUT2D eigenvalue weighted by Crippen LogP contribution is -2.32. The van der Waals surface area contributed by atoms with Crippen molar-refractivity contribution in [1.82, 2.24) is 0 Å². The van der Waals surface area contributed by atoms with Gasteiger partial charge in [-0.3, -0.25) is 0 Å². The predicted molar refractivity (Wildman–Crippen MR) is 82.8 cm³/mol. The van der Waals surface area contributed by atoms with Crippen LogP contribution in [0.4, 0.5) is 0 Å². The molecule has 3 heteroatoms. The third-order valence-corrected chi connectivity index (χ3v) is 4.53. The van der Waals surface area contributed by atoms with Gasteiger partial charge in [0.25, 0.3) is 0 Å². The molecule has 0 amide bonds. The van der Waals surface area contributed by atoms with Gasteiger partial charge in [0, 0.05) is 22.6 Å². The van der Waals surface area contributed by atoms with Crippen LogP contribution in [0.2, 0.25) is 0 Å². The zero-order chi connectivity index (χ0) is 15.1. The standard InChI is InChI=1S/C17H27NO2/c1-11(18)17(7-8-17)13-10-14(19-5)12(16(2,3)4)9-15(13)20-6/h9-11H,7-8,18H2,1-6H3. The summed E-state index contributed by atoms with van der Waals surface area (Å²) in [6.07, 6.45) is 2.25. The van der Waals surface area contributed by atoms with E-state index in [1.54, 1.807) is 14.2 Å². The highest BCUT2D eigenvalue weighted by Gasteiger charge is 2.49. The Labute approximate surface area is 122 Å². The molecule has 0 aliphatic heterocycles. The Morgan fingerprint density at radius 2 is 1.65 bits per heavy atom. The Morgan fingerprint density at radius 1 is 1.10 bits per heavy atom. The second-order valence-corrected chi connectivity index (χ2v) is 6.95.